The molecule has 0 aliphatic rings. The van der Waals surface area contributed by atoms with Crippen molar-refractivity contribution in [1.29, 1.82) is 5.26 Å². The molecule has 0 aliphatic heterocycles. The molecule has 0 amide bonds. The highest BCUT2D eigenvalue weighted by Gasteiger charge is 2.08. The van der Waals surface area contributed by atoms with Gasteiger partial charge in [-0.3, -0.25) is 0 Å². The Morgan fingerprint density at radius 3 is 2.44 bits per heavy atom. The molecule has 5 heteroatoms. The molecular formula is C13H16Br2N2O. The van der Waals surface area contributed by atoms with Gasteiger partial charge in [-0.2, -0.15) is 5.26 Å². The van der Waals surface area contributed by atoms with Crippen LogP contribution >= 0.6 is 31.9 Å². The fourth-order valence-electron chi connectivity index (χ4n) is 1.54. The average Bonchev–Trinajstić information content (AvgIpc) is 2.32. The molecule has 0 spiro atoms. The lowest BCUT2D eigenvalue weighted by Gasteiger charge is -2.11. The van der Waals surface area contributed by atoms with E-state index in [-0.39, 0.29) is 0 Å². The van der Waals surface area contributed by atoms with Crippen LogP contribution in [0.4, 0.5) is 0 Å². The number of hydrogen-bond acceptors (Lipinski definition) is 3. The van der Waals surface area contributed by atoms with Crippen LogP contribution in [0.5, 0.6) is 5.75 Å². The van der Waals surface area contributed by atoms with Gasteiger partial charge in [0.25, 0.3) is 0 Å². The molecule has 18 heavy (non-hydrogen) atoms. The molecule has 1 aromatic carbocycles. The third-order valence-electron chi connectivity index (χ3n) is 2.42. The summed E-state index contributed by atoms with van der Waals surface area (Å²) >= 11 is 7.01. The number of benzene rings is 1. The topological polar surface area (TPSA) is 59.0 Å². The first kappa shape index (κ1) is 15.5. The van der Waals surface area contributed by atoms with Crippen molar-refractivity contribution in [3.8, 4) is 11.8 Å². The molecule has 0 atom stereocenters. The highest BCUT2D eigenvalue weighted by molar-refractivity contribution is 9.11. The molecular weight excluding hydrogens is 360 g/mol. The molecule has 0 unspecified atom stereocenters. The second-order valence-corrected chi connectivity index (χ2v) is 5.60. The van der Waals surface area contributed by atoms with Crippen LogP contribution in [0.3, 0.4) is 0 Å². The molecule has 0 aliphatic carbocycles. The normalized spacial score (nSPS) is 10.1. The highest BCUT2D eigenvalue weighted by atomic mass is 79.9. The number of rotatable bonds is 7. The van der Waals surface area contributed by atoms with Gasteiger partial charge in [0.05, 0.1) is 21.6 Å². The standard InChI is InChI=1S/C13H16Br2N2O/c14-11-8-10(4-6-17)9-12(15)13(11)18-7-3-1-2-5-16/h8-9H,1-4,6-7,17H2. The minimum Gasteiger partial charge on any atom is -0.491 e. The summed E-state index contributed by atoms with van der Waals surface area (Å²) in [6.07, 6.45) is 3.19. The molecule has 3 nitrogen and oxygen atoms in total. The predicted molar refractivity (Wildman–Crippen MR) is 79.6 cm³/mol. The van der Waals surface area contributed by atoms with E-state index in [1.165, 1.54) is 5.56 Å². The number of nitriles is 1. The second-order valence-electron chi connectivity index (χ2n) is 3.89. The van der Waals surface area contributed by atoms with Gasteiger partial charge in [-0.25, -0.2) is 0 Å². The molecule has 0 radical (unpaired) electrons. The first-order valence-corrected chi connectivity index (χ1v) is 7.45. The number of hydrogen-bond donors (Lipinski definition) is 1. The van der Waals surface area contributed by atoms with Crippen LogP contribution in [0.1, 0.15) is 24.8 Å². The minimum absolute atomic E-state index is 0.584. The maximum atomic E-state index is 8.44. The van der Waals surface area contributed by atoms with E-state index in [0.29, 0.717) is 19.6 Å². The molecule has 1 rings (SSSR count). The van der Waals surface area contributed by atoms with Gasteiger partial charge in [0.1, 0.15) is 5.75 Å². The van der Waals surface area contributed by atoms with Crippen LogP contribution in [-0.2, 0) is 6.42 Å². The lowest BCUT2D eigenvalue weighted by Crippen LogP contribution is -2.04. The lowest BCUT2D eigenvalue weighted by atomic mass is 10.1. The van der Waals surface area contributed by atoms with Crippen molar-refractivity contribution in [2.45, 2.75) is 25.7 Å². The fourth-order valence-corrected chi connectivity index (χ4v) is 3.05. The first-order chi connectivity index (χ1) is 8.69. The zero-order valence-corrected chi connectivity index (χ0v) is 13.3. The van der Waals surface area contributed by atoms with Crippen molar-refractivity contribution in [2.24, 2.45) is 5.73 Å². The van der Waals surface area contributed by atoms with Crippen molar-refractivity contribution in [3.63, 3.8) is 0 Å². The molecule has 0 fully saturated rings. The number of ether oxygens (including phenoxy) is 1. The van der Waals surface area contributed by atoms with E-state index >= 15 is 0 Å². The largest absolute Gasteiger partial charge is 0.491 e. The summed E-state index contributed by atoms with van der Waals surface area (Å²) < 4.78 is 7.58. The molecule has 1 aromatic rings. The number of nitrogens with two attached hydrogens (primary N) is 1. The van der Waals surface area contributed by atoms with Crippen LogP contribution in [0, 0.1) is 11.3 Å². The Bertz CT molecular complexity index is 406. The fraction of sp³-hybridized carbons (Fsp3) is 0.462. The summed E-state index contributed by atoms with van der Waals surface area (Å²) in [5.74, 6) is 0.813. The number of unbranched alkanes of at least 4 members (excludes halogenated alkanes) is 2. The number of halogens is 2. The maximum Gasteiger partial charge on any atom is 0.147 e. The van der Waals surface area contributed by atoms with Crippen LogP contribution < -0.4 is 10.5 Å². The van der Waals surface area contributed by atoms with Gasteiger partial charge in [0.2, 0.25) is 0 Å². The van der Waals surface area contributed by atoms with E-state index in [2.05, 4.69) is 37.9 Å². The van der Waals surface area contributed by atoms with Crippen molar-refractivity contribution < 1.29 is 4.74 Å². The van der Waals surface area contributed by atoms with E-state index < -0.39 is 0 Å². The average molecular weight is 376 g/mol. The van der Waals surface area contributed by atoms with E-state index in [1.807, 2.05) is 12.1 Å². The molecule has 98 valence electrons. The van der Waals surface area contributed by atoms with Crippen LogP contribution in [0.2, 0.25) is 0 Å². The molecule has 0 aromatic heterocycles. The minimum atomic E-state index is 0.584. The summed E-state index contributed by atoms with van der Waals surface area (Å²) in [5, 5.41) is 8.44. The van der Waals surface area contributed by atoms with Gasteiger partial charge in [0.15, 0.2) is 0 Å². The SMILES string of the molecule is N#CCCCCOc1c(Br)cc(CCN)cc1Br. The molecule has 2 N–H and O–H groups in total. The summed E-state index contributed by atoms with van der Waals surface area (Å²) in [6.45, 7) is 1.25. The Hall–Kier alpha value is -0.570. The Balaban J connectivity index is 2.58. The Labute approximate surface area is 125 Å². The smallest absolute Gasteiger partial charge is 0.147 e. The van der Waals surface area contributed by atoms with Gasteiger partial charge in [-0.15, -0.1) is 0 Å². The van der Waals surface area contributed by atoms with Crippen molar-refractivity contribution in [3.05, 3.63) is 26.6 Å². The van der Waals surface area contributed by atoms with Crippen molar-refractivity contribution in [1.82, 2.24) is 0 Å². The van der Waals surface area contributed by atoms with Gasteiger partial charge >= 0.3 is 0 Å². The highest BCUT2D eigenvalue weighted by Crippen LogP contribution is 2.35. The van der Waals surface area contributed by atoms with E-state index in [9.17, 15) is 0 Å². The maximum absolute atomic E-state index is 8.44. The van der Waals surface area contributed by atoms with Gasteiger partial charge in [0, 0.05) is 6.42 Å². The van der Waals surface area contributed by atoms with Gasteiger partial charge < -0.3 is 10.5 Å². The summed E-state index contributed by atoms with van der Waals surface area (Å²) in [6, 6.07) is 6.18. The molecule has 0 heterocycles. The third-order valence-corrected chi connectivity index (χ3v) is 3.60. The van der Waals surface area contributed by atoms with Crippen molar-refractivity contribution in [2.75, 3.05) is 13.2 Å². The quantitative estimate of drug-likeness (QED) is 0.737. The third kappa shape index (κ3) is 4.97. The van der Waals surface area contributed by atoms with Gasteiger partial charge in [-0.1, -0.05) is 0 Å². The van der Waals surface area contributed by atoms with Crippen molar-refractivity contribution >= 4 is 31.9 Å². The van der Waals surface area contributed by atoms with Gasteiger partial charge in [-0.05, 0) is 75.4 Å². The summed E-state index contributed by atoms with van der Waals surface area (Å²) in [7, 11) is 0. The monoisotopic (exact) mass is 374 g/mol. The summed E-state index contributed by atoms with van der Waals surface area (Å²) in [4.78, 5) is 0. The van der Waals surface area contributed by atoms with Crippen LogP contribution in [0.15, 0.2) is 21.1 Å². The Kier molecular flexibility index (Phi) is 7.33. The zero-order valence-electron chi connectivity index (χ0n) is 10.1. The lowest BCUT2D eigenvalue weighted by molar-refractivity contribution is 0.304. The van der Waals surface area contributed by atoms with E-state index in [4.69, 9.17) is 15.7 Å². The summed E-state index contributed by atoms with van der Waals surface area (Å²) in [5.41, 5.74) is 6.71. The molecule has 0 saturated heterocycles. The van der Waals surface area contributed by atoms with Crippen LogP contribution in [-0.4, -0.2) is 13.2 Å². The predicted octanol–water partition coefficient (Wildman–Crippen LogP) is 3.79. The van der Waals surface area contributed by atoms with E-state index in [1.54, 1.807) is 0 Å². The first-order valence-electron chi connectivity index (χ1n) is 5.86. The Morgan fingerprint density at radius 1 is 1.22 bits per heavy atom. The Morgan fingerprint density at radius 2 is 1.89 bits per heavy atom. The molecule has 0 bridgehead atoms. The second kappa shape index (κ2) is 8.52. The van der Waals surface area contributed by atoms with E-state index in [0.717, 1.165) is 34.0 Å². The van der Waals surface area contributed by atoms with Crippen LogP contribution in [0.25, 0.3) is 0 Å². The zero-order chi connectivity index (χ0) is 13.4. The molecule has 0 saturated carbocycles. The number of nitrogens with zero attached hydrogens (tertiary/aromatic N) is 1.